The minimum atomic E-state index is -0.525. The molecule has 0 radical (unpaired) electrons. The molecular weight excluding hydrogens is 299 g/mol. The molecule has 0 bridgehead atoms. The Labute approximate surface area is 133 Å². The number of ether oxygens (including phenoxy) is 2. The van der Waals surface area contributed by atoms with Crippen molar-refractivity contribution >= 4 is 17.3 Å². The minimum absolute atomic E-state index is 0.184. The summed E-state index contributed by atoms with van der Waals surface area (Å²) in [6.07, 6.45) is 0. The summed E-state index contributed by atoms with van der Waals surface area (Å²) in [7, 11) is 0. The fourth-order valence-corrected chi connectivity index (χ4v) is 2.22. The molecule has 0 saturated carbocycles. The van der Waals surface area contributed by atoms with Gasteiger partial charge in [0.2, 0.25) is 12.7 Å². The van der Waals surface area contributed by atoms with Crippen LogP contribution in [-0.2, 0) is 4.79 Å². The molecule has 1 aliphatic heterocycles. The first-order valence-electron chi connectivity index (χ1n) is 7.26. The zero-order valence-corrected chi connectivity index (χ0v) is 12.9. The first-order chi connectivity index (χ1) is 11.0. The van der Waals surface area contributed by atoms with Crippen LogP contribution < -0.4 is 20.1 Å². The first-order valence-corrected chi connectivity index (χ1v) is 7.26. The molecule has 0 aliphatic carbocycles. The molecule has 5 nitrogen and oxygen atoms in total. The Balaban J connectivity index is 1.64. The summed E-state index contributed by atoms with van der Waals surface area (Å²) in [5.74, 6) is 0.719. The van der Waals surface area contributed by atoms with Crippen molar-refractivity contribution in [3.8, 4) is 11.5 Å². The lowest BCUT2D eigenvalue weighted by atomic mass is 10.2. The summed E-state index contributed by atoms with van der Waals surface area (Å²) >= 11 is 0. The maximum Gasteiger partial charge on any atom is 0.246 e. The van der Waals surface area contributed by atoms with Crippen LogP contribution in [0.25, 0.3) is 0 Å². The van der Waals surface area contributed by atoms with Gasteiger partial charge in [0.05, 0.1) is 0 Å². The predicted octanol–water partition coefficient (Wildman–Crippen LogP) is 3.30. The van der Waals surface area contributed by atoms with Crippen molar-refractivity contribution < 1.29 is 18.7 Å². The average molecular weight is 316 g/mol. The summed E-state index contributed by atoms with van der Waals surface area (Å²) < 4.78 is 24.0. The van der Waals surface area contributed by atoms with Crippen molar-refractivity contribution in [3.05, 3.63) is 47.8 Å². The largest absolute Gasteiger partial charge is 0.454 e. The molecule has 1 aliphatic rings. The second kappa shape index (κ2) is 6.16. The number of anilines is 2. The topological polar surface area (TPSA) is 59.6 Å². The molecule has 1 heterocycles. The average Bonchev–Trinajstić information content (AvgIpc) is 2.98. The lowest BCUT2D eigenvalue weighted by Crippen LogP contribution is -2.31. The van der Waals surface area contributed by atoms with E-state index in [4.69, 9.17) is 9.47 Å². The van der Waals surface area contributed by atoms with Gasteiger partial charge in [0.25, 0.3) is 0 Å². The van der Waals surface area contributed by atoms with Gasteiger partial charge in [0, 0.05) is 17.4 Å². The Morgan fingerprint density at radius 3 is 2.65 bits per heavy atom. The number of amides is 1. The van der Waals surface area contributed by atoms with E-state index in [2.05, 4.69) is 10.6 Å². The smallest absolute Gasteiger partial charge is 0.246 e. The fourth-order valence-electron chi connectivity index (χ4n) is 2.22. The molecule has 1 atom stereocenters. The number of nitrogens with one attached hydrogen (secondary N) is 2. The van der Waals surface area contributed by atoms with E-state index in [1.54, 1.807) is 44.2 Å². The third-order valence-corrected chi connectivity index (χ3v) is 3.59. The maximum atomic E-state index is 13.5. The standard InChI is InChI=1S/C17H17FN2O3/c1-10-3-4-12(7-14(10)18)19-11(2)17(21)20-13-5-6-15-16(8-13)23-9-22-15/h3-8,11,19H,9H2,1-2H3,(H,20,21)/t11-/m1/s1. The molecule has 0 spiro atoms. The van der Waals surface area contributed by atoms with Crippen molar-refractivity contribution in [1.29, 1.82) is 0 Å². The van der Waals surface area contributed by atoms with Gasteiger partial charge in [0.15, 0.2) is 11.5 Å². The van der Waals surface area contributed by atoms with Crippen LogP contribution in [0.2, 0.25) is 0 Å². The monoisotopic (exact) mass is 316 g/mol. The number of carbonyl (C=O) groups excluding carboxylic acids is 1. The number of halogens is 1. The number of aryl methyl sites for hydroxylation is 1. The van der Waals surface area contributed by atoms with Crippen molar-refractivity contribution in [1.82, 2.24) is 0 Å². The van der Waals surface area contributed by atoms with Gasteiger partial charge >= 0.3 is 0 Å². The van der Waals surface area contributed by atoms with E-state index < -0.39 is 6.04 Å². The molecule has 2 aromatic carbocycles. The number of carbonyl (C=O) groups is 1. The summed E-state index contributed by atoms with van der Waals surface area (Å²) in [5, 5.41) is 5.76. The highest BCUT2D eigenvalue weighted by Crippen LogP contribution is 2.34. The van der Waals surface area contributed by atoms with Gasteiger partial charge in [0.1, 0.15) is 11.9 Å². The molecule has 1 amide bonds. The van der Waals surface area contributed by atoms with E-state index >= 15 is 0 Å². The van der Waals surface area contributed by atoms with Crippen LogP contribution in [0.3, 0.4) is 0 Å². The SMILES string of the molecule is Cc1ccc(N[C@H](C)C(=O)Nc2ccc3c(c2)OCO3)cc1F. The van der Waals surface area contributed by atoms with Crippen LogP contribution in [0.4, 0.5) is 15.8 Å². The van der Waals surface area contributed by atoms with Crippen LogP contribution in [0.5, 0.6) is 11.5 Å². The van der Waals surface area contributed by atoms with Crippen LogP contribution in [0.1, 0.15) is 12.5 Å². The van der Waals surface area contributed by atoms with Crippen LogP contribution in [0, 0.1) is 12.7 Å². The molecule has 6 heteroatoms. The normalized spacial score (nSPS) is 13.5. The Morgan fingerprint density at radius 2 is 1.87 bits per heavy atom. The zero-order chi connectivity index (χ0) is 16.4. The van der Waals surface area contributed by atoms with E-state index in [9.17, 15) is 9.18 Å². The molecule has 2 N–H and O–H groups in total. The van der Waals surface area contributed by atoms with Gasteiger partial charge in [-0.1, -0.05) is 6.07 Å². The van der Waals surface area contributed by atoms with Crippen molar-refractivity contribution in [2.75, 3.05) is 17.4 Å². The van der Waals surface area contributed by atoms with Crippen molar-refractivity contribution in [3.63, 3.8) is 0 Å². The van der Waals surface area contributed by atoms with Gasteiger partial charge in [-0.05, 0) is 43.7 Å². The van der Waals surface area contributed by atoms with E-state index in [-0.39, 0.29) is 18.5 Å². The molecule has 23 heavy (non-hydrogen) atoms. The molecule has 120 valence electrons. The van der Waals surface area contributed by atoms with E-state index in [1.807, 2.05) is 0 Å². The number of hydrogen-bond donors (Lipinski definition) is 2. The Kier molecular flexibility index (Phi) is 4.06. The highest BCUT2D eigenvalue weighted by Gasteiger charge is 2.17. The van der Waals surface area contributed by atoms with E-state index in [1.165, 1.54) is 6.07 Å². The molecule has 0 fully saturated rings. The Hall–Kier alpha value is -2.76. The lowest BCUT2D eigenvalue weighted by molar-refractivity contribution is -0.116. The third kappa shape index (κ3) is 3.36. The third-order valence-electron chi connectivity index (χ3n) is 3.59. The number of rotatable bonds is 4. The summed E-state index contributed by atoms with van der Waals surface area (Å²) in [6.45, 7) is 3.58. The Morgan fingerprint density at radius 1 is 1.13 bits per heavy atom. The van der Waals surface area contributed by atoms with E-state index in [0.29, 0.717) is 28.4 Å². The summed E-state index contributed by atoms with van der Waals surface area (Å²) in [6, 6.07) is 9.44. The fraction of sp³-hybridized carbons (Fsp3) is 0.235. The molecular formula is C17H17FN2O3. The van der Waals surface area contributed by atoms with Gasteiger partial charge in [-0.25, -0.2) is 4.39 Å². The van der Waals surface area contributed by atoms with Gasteiger partial charge < -0.3 is 20.1 Å². The minimum Gasteiger partial charge on any atom is -0.454 e. The summed E-state index contributed by atoms with van der Waals surface area (Å²) in [5.41, 5.74) is 1.73. The maximum absolute atomic E-state index is 13.5. The quantitative estimate of drug-likeness (QED) is 0.908. The first kappa shape index (κ1) is 15.1. The molecule has 0 saturated heterocycles. The van der Waals surface area contributed by atoms with Crippen molar-refractivity contribution in [2.45, 2.75) is 19.9 Å². The summed E-state index contributed by atoms with van der Waals surface area (Å²) in [4.78, 5) is 12.2. The number of hydrogen-bond acceptors (Lipinski definition) is 4. The highest BCUT2D eigenvalue weighted by atomic mass is 19.1. The van der Waals surface area contributed by atoms with Gasteiger partial charge in [-0.2, -0.15) is 0 Å². The Bertz CT molecular complexity index is 749. The molecule has 2 aromatic rings. The second-order valence-electron chi connectivity index (χ2n) is 5.39. The van der Waals surface area contributed by atoms with Gasteiger partial charge in [-0.3, -0.25) is 4.79 Å². The molecule has 0 unspecified atom stereocenters. The molecule has 0 aromatic heterocycles. The highest BCUT2D eigenvalue weighted by molar-refractivity contribution is 5.96. The molecule has 3 rings (SSSR count). The van der Waals surface area contributed by atoms with Crippen LogP contribution in [0.15, 0.2) is 36.4 Å². The second-order valence-corrected chi connectivity index (χ2v) is 5.39. The van der Waals surface area contributed by atoms with Crippen molar-refractivity contribution in [2.24, 2.45) is 0 Å². The van der Waals surface area contributed by atoms with Crippen LogP contribution >= 0.6 is 0 Å². The van der Waals surface area contributed by atoms with E-state index in [0.717, 1.165) is 0 Å². The zero-order valence-electron chi connectivity index (χ0n) is 12.9. The van der Waals surface area contributed by atoms with Gasteiger partial charge in [-0.15, -0.1) is 0 Å². The number of fused-ring (bicyclic) bond motifs is 1. The number of benzene rings is 2. The lowest BCUT2D eigenvalue weighted by Gasteiger charge is -2.16. The predicted molar refractivity (Wildman–Crippen MR) is 85.4 cm³/mol. The van der Waals surface area contributed by atoms with Crippen LogP contribution in [-0.4, -0.2) is 18.7 Å².